The van der Waals surface area contributed by atoms with Crippen molar-refractivity contribution in [2.45, 2.75) is 13.3 Å². The summed E-state index contributed by atoms with van der Waals surface area (Å²) in [6, 6.07) is 27.0. The third kappa shape index (κ3) is 6.77. The Labute approximate surface area is 282 Å². The molecule has 0 saturated carbocycles. The Morgan fingerprint density at radius 1 is 0.708 bits per heavy atom. The number of rotatable bonds is 13. The first-order valence-corrected chi connectivity index (χ1v) is 16.1. The maximum absolute atomic E-state index is 12.7. The normalized spacial score (nSPS) is 10.9. The van der Waals surface area contributed by atoms with Gasteiger partial charge in [0.05, 0.1) is 63.3 Å². The van der Waals surface area contributed by atoms with Crippen LogP contribution in [-0.4, -0.2) is 62.3 Å². The van der Waals surface area contributed by atoms with E-state index < -0.39 is 0 Å². The molecule has 0 aliphatic heterocycles. The van der Waals surface area contributed by atoms with Gasteiger partial charge >= 0.3 is 0 Å². The van der Waals surface area contributed by atoms with Gasteiger partial charge < -0.3 is 28.4 Å². The number of fused-ring (bicyclic) bond motifs is 1. The fraction of sp³-hybridized carbons (Fsp3) is 0.216. The summed E-state index contributed by atoms with van der Waals surface area (Å²) in [6.07, 6.45) is 0.634. The number of methoxy groups -OCH3 is 4. The second kappa shape index (κ2) is 14.5. The van der Waals surface area contributed by atoms with E-state index in [1.807, 2.05) is 66.7 Å². The fourth-order valence-electron chi connectivity index (χ4n) is 5.29. The summed E-state index contributed by atoms with van der Waals surface area (Å²) in [6.45, 7) is 2.31. The number of hydrogen-bond acceptors (Lipinski definition) is 10. The van der Waals surface area contributed by atoms with Gasteiger partial charge in [-0.3, -0.25) is 4.79 Å². The van der Waals surface area contributed by atoms with Crippen LogP contribution in [0.3, 0.4) is 0 Å². The van der Waals surface area contributed by atoms with Crippen LogP contribution in [0.5, 0.6) is 34.5 Å². The zero-order valence-corrected chi connectivity index (χ0v) is 28.1. The summed E-state index contributed by atoms with van der Waals surface area (Å²) in [7, 11) is 6.23. The minimum Gasteiger partial charge on any atom is -0.493 e. The Balaban J connectivity index is 1.15. The van der Waals surface area contributed by atoms with Crippen LogP contribution in [0.4, 0.5) is 0 Å². The van der Waals surface area contributed by atoms with Crippen molar-refractivity contribution in [3.8, 4) is 67.6 Å². The zero-order valence-electron chi connectivity index (χ0n) is 27.3. The van der Waals surface area contributed by atoms with Crippen molar-refractivity contribution in [3.05, 3.63) is 84.9 Å². The van der Waals surface area contributed by atoms with Crippen LogP contribution < -0.4 is 28.4 Å². The van der Waals surface area contributed by atoms with E-state index in [2.05, 4.69) is 11.2 Å². The standard InChI is InChI=1S/C37H35N3O7S/c1-23(41)40-30(22-29(39-40)26-20-33(43-3)36(45-5)34(21-26)44-4)24-14-15-31(42-2)32(19-24)47-17-9-16-46-27-11-8-10-25(18-27)37-38-28-12-6-7-13-35(28)48-37/h6-8,10-15,18-22H,9,16-17H2,1-5H3. The second-order valence-electron chi connectivity index (χ2n) is 10.7. The van der Waals surface area contributed by atoms with Gasteiger partial charge in [0.25, 0.3) is 0 Å². The zero-order chi connectivity index (χ0) is 33.6. The number of para-hydroxylation sites is 1. The lowest BCUT2D eigenvalue weighted by Gasteiger charge is -2.13. The van der Waals surface area contributed by atoms with E-state index in [-0.39, 0.29) is 5.91 Å². The van der Waals surface area contributed by atoms with Gasteiger partial charge in [0.15, 0.2) is 23.0 Å². The molecule has 10 nitrogen and oxygen atoms in total. The molecule has 246 valence electrons. The molecule has 0 N–H and O–H groups in total. The van der Waals surface area contributed by atoms with Crippen molar-refractivity contribution < 1.29 is 33.2 Å². The average Bonchev–Trinajstić information content (AvgIpc) is 3.77. The molecule has 0 bridgehead atoms. The van der Waals surface area contributed by atoms with Crippen LogP contribution in [0.2, 0.25) is 0 Å². The van der Waals surface area contributed by atoms with E-state index in [1.54, 1.807) is 51.9 Å². The van der Waals surface area contributed by atoms with E-state index in [1.165, 1.54) is 11.6 Å². The van der Waals surface area contributed by atoms with Gasteiger partial charge in [-0.2, -0.15) is 9.78 Å². The van der Waals surface area contributed by atoms with Gasteiger partial charge in [0.2, 0.25) is 11.7 Å². The first-order chi connectivity index (χ1) is 23.4. The molecule has 0 saturated heterocycles. The van der Waals surface area contributed by atoms with Crippen molar-refractivity contribution in [2.24, 2.45) is 0 Å². The minimum atomic E-state index is -0.244. The lowest BCUT2D eigenvalue weighted by molar-refractivity contribution is 0.0923. The summed E-state index contributed by atoms with van der Waals surface area (Å²) in [4.78, 5) is 17.5. The monoisotopic (exact) mass is 665 g/mol. The summed E-state index contributed by atoms with van der Waals surface area (Å²) in [5, 5.41) is 5.57. The number of ether oxygens (including phenoxy) is 6. The van der Waals surface area contributed by atoms with Gasteiger partial charge in [-0.15, -0.1) is 11.3 Å². The third-order valence-electron chi connectivity index (χ3n) is 7.62. The molecule has 0 unspecified atom stereocenters. The molecule has 6 rings (SSSR count). The highest BCUT2D eigenvalue weighted by atomic mass is 32.1. The highest BCUT2D eigenvalue weighted by Crippen LogP contribution is 2.42. The first kappa shape index (κ1) is 32.4. The molecule has 11 heteroatoms. The summed E-state index contributed by atoms with van der Waals surface area (Å²) in [5.74, 6) is 3.07. The van der Waals surface area contributed by atoms with E-state index in [9.17, 15) is 4.79 Å². The number of aromatic nitrogens is 3. The number of carbonyl (C=O) groups is 1. The van der Waals surface area contributed by atoms with Crippen molar-refractivity contribution >= 4 is 27.5 Å². The Morgan fingerprint density at radius 2 is 1.44 bits per heavy atom. The van der Waals surface area contributed by atoms with Gasteiger partial charge in [-0.25, -0.2) is 4.98 Å². The molecule has 2 heterocycles. The Bertz CT molecular complexity index is 2010. The van der Waals surface area contributed by atoms with Gasteiger partial charge in [-0.1, -0.05) is 24.3 Å². The van der Waals surface area contributed by atoms with E-state index in [4.69, 9.17) is 33.4 Å². The molecule has 0 aliphatic carbocycles. The Morgan fingerprint density at radius 3 is 2.15 bits per heavy atom. The van der Waals surface area contributed by atoms with Crippen molar-refractivity contribution in [3.63, 3.8) is 0 Å². The fourth-order valence-corrected chi connectivity index (χ4v) is 6.25. The highest BCUT2D eigenvalue weighted by Gasteiger charge is 2.20. The van der Waals surface area contributed by atoms with Crippen molar-refractivity contribution in [1.82, 2.24) is 14.8 Å². The summed E-state index contributed by atoms with van der Waals surface area (Å²) >= 11 is 1.66. The molecule has 48 heavy (non-hydrogen) atoms. The maximum atomic E-state index is 12.7. The molecule has 4 aromatic carbocycles. The average molecular weight is 666 g/mol. The summed E-state index contributed by atoms with van der Waals surface area (Å²) in [5.41, 5.74) is 4.59. The summed E-state index contributed by atoms with van der Waals surface area (Å²) < 4.78 is 36.8. The maximum Gasteiger partial charge on any atom is 0.244 e. The molecular weight excluding hydrogens is 630 g/mol. The largest absolute Gasteiger partial charge is 0.493 e. The third-order valence-corrected chi connectivity index (χ3v) is 8.70. The Kier molecular flexibility index (Phi) is 9.77. The molecule has 0 aliphatic rings. The molecule has 0 amide bonds. The lowest BCUT2D eigenvalue weighted by atomic mass is 10.1. The molecule has 0 atom stereocenters. The van der Waals surface area contributed by atoms with Gasteiger partial charge in [-0.05, 0) is 60.7 Å². The van der Waals surface area contributed by atoms with Crippen LogP contribution in [0.15, 0.2) is 84.9 Å². The molecule has 0 fully saturated rings. The number of nitrogens with zero attached hydrogens (tertiary/aromatic N) is 3. The number of thiazole rings is 1. The predicted molar refractivity (Wildman–Crippen MR) is 186 cm³/mol. The van der Waals surface area contributed by atoms with Crippen molar-refractivity contribution in [2.75, 3.05) is 41.7 Å². The topological polar surface area (TPSA) is 103 Å². The lowest BCUT2D eigenvalue weighted by Crippen LogP contribution is -2.09. The number of carbonyl (C=O) groups excluding carboxylic acids is 1. The van der Waals surface area contributed by atoms with Crippen LogP contribution in [-0.2, 0) is 0 Å². The first-order valence-electron chi connectivity index (χ1n) is 15.2. The van der Waals surface area contributed by atoms with E-state index >= 15 is 0 Å². The Hall–Kier alpha value is -5.55. The smallest absolute Gasteiger partial charge is 0.244 e. The number of hydrogen-bond donors (Lipinski definition) is 0. The second-order valence-corrected chi connectivity index (χ2v) is 11.7. The quantitative estimate of drug-likeness (QED) is 0.113. The predicted octanol–water partition coefficient (Wildman–Crippen LogP) is 8.04. The number of benzene rings is 4. The van der Waals surface area contributed by atoms with Crippen LogP contribution in [0, 0.1) is 0 Å². The molecule has 2 aromatic heterocycles. The molecule has 6 aromatic rings. The SMILES string of the molecule is COc1ccc(-c2cc(-c3cc(OC)c(OC)c(OC)c3)nn2C(C)=O)cc1OCCCOc1cccc(-c2nc3ccccc3s2)c1. The molecular formula is C37H35N3O7S. The van der Waals surface area contributed by atoms with E-state index in [0.717, 1.165) is 32.1 Å². The highest BCUT2D eigenvalue weighted by molar-refractivity contribution is 7.21. The van der Waals surface area contributed by atoms with Gasteiger partial charge in [0.1, 0.15) is 10.8 Å². The molecule has 0 radical (unpaired) electrons. The minimum absolute atomic E-state index is 0.244. The molecule has 0 spiro atoms. The van der Waals surface area contributed by atoms with Crippen LogP contribution >= 0.6 is 11.3 Å². The van der Waals surface area contributed by atoms with Gasteiger partial charge in [0, 0.05) is 30.0 Å². The van der Waals surface area contributed by atoms with Crippen LogP contribution in [0.25, 0.3) is 43.3 Å². The van der Waals surface area contributed by atoms with Crippen molar-refractivity contribution in [1.29, 1.82) is 0 Å². The van der Waals surface area contributed by atoms with Crippen LogP contribution in [0.1, 0.15) is 18.1 Å². The van der Waals surface area contributed by atoms with E-state index in [0.29, 0.717) is 65.3 Å².